The molecule has 1 unspecified atom stereocenters. The standard InChI is InChI=1S/C12H13N3O3S2/c16-12(17)8-7-19-5-3-15(8)6-10-13-11(18-14-10)9-2-1-4-20-9/h1-2,4,8H,3,5-7H2,(H,16,17). The van der Waals surface area contributed by atoms with E-state index in [1.165, 1.54) is 11.3 Å². The molecule has 0 aromatic carbocycles. The van der Waals surface area contributed by atoms with Crippen LogP contribution in [0.1, 0.15) is 5.82 Å². The second-order valence-corrected chi connectivity index (χ2v) is 6.49. The van der Waals surface area contributed by atoms with Crippen LogP contribution in [-0.2, 0) is 11.3 Å². The van der Waals surface area contributed by atoms with Gasteiger partial charge in [-0.1, -0.05) is 11.2 Å². The van der Waals surface area contributed by atoms with E-state index in [-0.39, 0.29) is 0 Å². The average molecular weight is 311 g/mol. The molecule has 106 valence electrons. The Labute approximate surface area is 123 Å². The van der Waals surface area contributed by atoms with Crippen LogP contribution in [0, 0.1) is 0 Å². The molecule has 0 bridgehead atoms. The van der Waals surface area contributed by atoms with Crippen molar-refractivity contribution in [2.75, 3.05) is 18.1 Å². The van der Waals surface area contributed by atoms with Crippen LogP contribution in [-0.4, -0.2) is 50.2 Å². The Hall–Kier alpha value is -1.38. The molecule has 6 nitrogen and oxygen atoms in total. The molecule has 20 heavy (non-hydrogen) atoms. The zero-order valence-corrected chi connectivity index (χ0v) is 12.2. The predicted octanol–water partition coefficient (Wildman–Crippen LogP) is 1.80. The Morgan fingerprint density at radius 3 is 3.25 bits per heavy atom. The van der Waals surface area contributed by atoms with E-state index in [1.54, 1.807) is 11.8 Å². The highest BCUT2D eigenvalue weighted by Gasteiger charge is 2.29. The van der Waals surface area contributed by atoms with E-state index in [1.807, 2.05) is 22.4 Å². The van der Waals surface area contributed by atoms with Gasteiger partial charge in [0.1, 0.15) is 6.04 Å². The van der Waals surface area contributed by atoms with Crippen LogP contribution < -0.4 is 0 Å². The number of carboxylic acid groups (broad SMARTS) is 1. The molecular weight excluding hydrogens is 298 g/mol. The summed E-state index contributed by atoms with van der Waals surface area (Å²) in [6, 6.07) is 3.36. The Morgan fingerprint density at radius 1 is 1.60 bits per heavy atom. The molecule has 1 atom stereocenters. The van der Waals surface area contributed by atoms with Crippen molar-refractivity contribution in [3.8, 4) is 10.8 Å². The minimum absolute atomic E-state index is 0.409. The topological polar surface area (TPSA) is 79.5 Å². The van der Waals surface area contributed by atoms with Crippen molar-refractivity contribution < 1.29 is 14.4 Å². The number of carboxylic acids is 1. The van der Waals surface area contributed by atoms with E-state index in [9.17, 15) is 9.90 Å². The van der Waals surface area contributed by atoms with Gasteiger partial charge in [-0.25, -0.2) is 0 Å². The van der Waals surface area contributed by atoms with E-state index < -0.39 is 12.0 Å². The molecule has 8 heteroatoms. The summed E-state index contributed by atoms with van der Waals surface area (Å²) in [4.78, 5) is 18.4. The van der Waals surface area contributed by atoms with Gasteiger partial charge in [-0.3, -0.25) is 9.69 Å². The number of thioether (sulfide) groups is 1. The lowest BCUT2D eigenvalue weighted by molar-refractivity contribution is -0.142. The number of hydrogen-bond acceptors (Lipinski definition) is 7. The van der Waals surface area contributed by atoms with Crippen molar-refractivity contribution in [2.45, 2.75) is 12.6 Å². The third kappa shape index (κ3) is 2.87. The lowest BCUT2D eigenvalue weighted by Gasteiger charge is -2.31. The van der Waals surface area contributed by atoms with Gasteiger partial charge in [-0.2, -0.15) is 16.7 Å². The maximum atomic E-state index is 11.2. The Kier molecular flexibility index (Phi) is 4.04. The summed E-state index contributed by atoms with van der Waals surface area (Å²) in [6.45, 7) is 1.14. The summed E-state index contributed by atoms with van der Waals surface area (Å²) in [7, 11) is 0. The van der Waals surface area contributed by atoms with Crippen molar-refractivity contribution in [2.24, 2.45) is 0 Å². The summed E-state index contributed by atoms with van der Waals surface area (Å²) in [5, 5.41) is 15.1. The van der Waals surface area contributed by atoms with Crippen LogP contribution >= 0.6 is 23.1 Å². The molecule has 2 aromatic heterocycles. The molecule has 3 heterocycles. The molecule has 1 N–H and O–H groups in total. The van der Waals surface area contributed by atoms with Crippen molar-refractivity contribution >= 4 is 29.1 Å². The summed E-state index contributed by atoms with van der Waals surface area (Å²) >= 11 is 3.20. The first kappa shape index (κ1) is 13.6. The summed E-state index contributed by atoms with van der Waals surface area (Å²) < 4.78 is 5.22. The first-order chi connectivity index (χ1) is 9.74. The summed E-state index contributed by atoms with van der Waals surface area (Å²) in [5.74, 6) is 1.77. The van der Waals surface area contributed by atoms with Gasteiger partial charge in [0.25, 0.3) is 5.89 Å². The number of hydrogen-bond donors (Lipinski definition) is 1. The fourth-order valence-electron chi connectivity index (χ4n) is 2.05. The highest BCUT2D eigenvalue weighted by Crippen LogP contribution is 2.24. The van der Waals surface area contributed by atoms with Crippen molar-refractivity contribution in [3.63, 3.8) is 0 Å². The quantitative estimate of drug-likeness (QED) is 0.922. The van der Waals surface area contributed by atoms with Gasteiger partial charge in [0.15, 0.2) is 5.82 Å². The molecule has 0 saturated carbocycles. The molecule has 1 aliphatic heterocycles. The average Bonchev–Trinajstić information content (AvgIpc) is 3.09. The Balaban J connectivity index is 1.72. The maximum absolute atomic E-state index is 11.2. The van der Waals surface area contributed by atoms with Gasteiger partial charge >= 0.3 is 5.97 Å². The van der Waals surface area contributed by atoms with Gasteiger partial charge in [-0.05, 0) is 11.4 Å². The van der Waals surface area contributed by atoms with Gasteiger partial charge < -0.3 is 9.63 Å². The van der Waals surface area contributed by atoms with Crippen LogP contribution in [0.25, 0.3) is 10.8 Å². The molecule has 0 radical (unpaired) electrons. The zero-order valence-electron chi connectivity index (χ0n) is 10.6. The summed E-state index contributed by atoms with van der Waals surface area (Å²) in [5.41, 5.74) is 0. The minimum atomic E-state index is -0.792. The van der Waals surface area contributed by atoms with Crippen LogP contribution in [0.15, 0.2) is 22.0 Å². The number of carbonyl (C=O) groups is 1. The van der Waals surface area contributed by atoms with E-state index in [4.69, 9.17) is 4.52 Å². The zero-order chi connectivity index (χ0) is 13.9. The van der Waals surface area contributed by atoms with Gasteiger partial charge in [0.2, 0.25) is 0 Å². The number of aromatic nitrogens is 2. The molecule has 3 rings (SSSR count). The Morgan fingerprint density at radius 2 is 2.50 bits per heavy atom. The SMILES string of the molecule is O=C(O)C1CSCCN1Cc1noc(-c2cccs2)n1. The van der Waals surface area contributed by atoms with Crippen LogP contribution in [0.4, 0.5) is 0 Å². The molecule has 0 aliphatic carbocycles. The molecule has 0 spiro atoms. The number of nitrogens with zero attached hydrogens (tertiary/aromatic N) is 3. The lowest BCUT2D eigenvalue weighted by atomic mass is 10.2. The molecule has 1 fully saturated rings. The highest BCUT2D eigenvalue weighted by molar-refractivity contribution is 7.99. The van der Waals surface area contributed by atoms with Crippen LogP contribution in [0.5, 0.6) is 0 Å². The molecule has 1 saturated heterocycles. The fraction of sp³-hybridized carbons (Fsp3) is 0.417. The van der Waals surface area contributed by atoms with E-state index in [2.05, 4.69) is 10.1 Å². The van der Waals surface area contributed by atoms with Crippen LogP contribution in [0.2, 0.25) is 0 Å². The normalized spacial score (nSPS) is 20.1. The highest BCUT2D eigenvalue weighted by atomic mass is 32.2. The number of rotatable bonds is 4. The minimum Gasteiger partial charge on any atom is -0.480 e. The third-order valence-electron chi connectivity index (χ3n) is 3.07. The summed E-state index contributed by atoms with van der Waals surface area (Å²) in [6.07, 6.45) is 0. The van der Waals surface area contributed by atoms with Gasteiger partial charge in [0, 0.05) is 18.1 Å². The van der Waals surface area contributed by atoms with E-state index >= 15 is 0 Å². The third-order valence-corrected chi connectivity index (χ3v) is 4.95. The largest absolute Gasteiger partial charge is 0.480 e. The van der Waals surface area contributed by atoms with Crippen molar-refractivity contribution in [1.82, 2.24) is 15.0 Å². The smallest absolute Gasteiger partial charge is 0.321 e. The van der Waals surface area contributed by atoms with Gasteiger partial charge in [0.05, 0.1) is 11.4 Å². The van der Waals surface area contributed by atoms with Crippen LogP contribution in [0.3, 0.4) is 0 Å². The molecule has 1 aliphatic rings. The maximum Gasteiger partial charge on any atom is 0.321 e. The second-order valence-electron chi connectivity index (χ2n) is 4.39. The predicted molar refractivity (Wildman–Crippen MR) is 76.8 cm³/mol. The lowest BCUT2D eigenvalue weighted by Crippen LogP contribution is -2.46. The molecule has 0 amide bonds. The van der Waals surface area contributed by atoms with Gasteiger partial charge in [-0.15, -0.1) is 11.3 Å². The Bertz CT molecular complexity index is 585. The number of thiophene rings is 1. The van der Waals surface area contributed by atoms with E-state index in [0.29, 0.717) is 24.0 Å². The number of aliphatic carboxylic acids is 1. The first-order valence-corrected chi connectivity index (χ1v) is 8.18. The fourth-order valence-corrected chi connectivity index (χ4v) is 3.81. The second kappa shape index (κ2) is 5.94. The molecular formula is C12H13N3O3S2. The molecule has 2 aromatic rings. The van der Waals surface area contributed by atoms with E-state index in [0.717, 1.165) is 17.2 Å². The monoisotopic (exact) mass is 311 g/mol. The van der Waals surface area contributed by atoms with Crippen molar-refractivity contribution in [1.29, 1.82) is 0 Å². The van der Waals surface area contributed by atoms with Crippen molar-refractivity contribution in [3.05, 3.63) is 23.3 Å². The first-order valence-electron chi connectivity index (χ1n) is 6.15.